The minimum absolute atomic E-state index is 0.0376. The van der Waals surface area contributed by atoms with E-state index in [1.54, 1.807) is 28.2 Å². The van der Waals surface area contributed by atoms with Crippen LogP contribution in [0.25, 0.3) is 0 Å². The van der Waals surface area contributed by atoms with E-state index in [2.05, 4.69) is 27.4 Å². The van der Waals surface area contributed by atoms with Gasteiger partial charge in [0.25, 0.3) is 5.56 Å². The Bertz CT molecular complexity index is 533. The average Bonchev–Trinajstić information content (AvgIpc) is 2.74. The van der Waals surface area contributed by atoms with Crippen molar-refractivity contribution in [2.45, 2.75) is 13.0 Å². The molecule has 0 spiro atoms. The SMILES string of the molecule is Nc1cc(Br)c(=O)n(CCc2ccsc2)c1. The molecule has 84 valence electrons. The molecule has 0 saturated carbocycles. The highest BCUT2D eigenvalue weighted by atomic mass is 79.9. The third-order valence-corrected chi connectivity index (χ3v) is 3.59. The van der Waals surface area contributed by atoms with Gasteiger partial charge in [-0.25, -0.2) is 0 Å². The van der Waals surface area contributed by atoms with Crippen molar-refractivity contribution in [3.8, 4) is 0 Å². The van der Waals surface area contributed by atoms with Crippen molar-refractivity contribution in [1.82, 2.24) is 4.57 Å². The van der Waals surface area contributed by atoms with E-state index < -0.39 is 0 Å². The molecule has 0 aromatic carbocycles. The summed E-state index contributed by atoms with van der Waals surface area (Å²) in [5.41, 5.74) is 7.49. The zero-order chi connectivity index (χ0) is 11.5. The Morgan fingerprint density at radius 1 is 1.50 bits per heavy atom. The number of nitrogen functional groups attached to an aromatic ring is 1. The number of rotatable bonds is 3. The molecule has 2 heterocycles. The molecule has 0 aliphatic carbocycles. The molecule has 2 aromatic heterocycles. The van der Waals surface area contributed by atoms with Gasteiger partial charge < -0.3 is 10.3 Å². The largest absolute Gasteiger partial charge is 0.398 e. The van der Waals surface area contributed by atoms with Gasteiger partial charge in [0.2, 0.25) is 0 Å². The third kappa shape index (κ3) is 2.54. The molecule has 0 aliphatic rings. The summed E-state index contributed by atoms with van der Waals surface area (Å²) in [6.07, 6.45) is 2.53. The van der Waals surface area contributed by atoms with Gasteiger partial charge in [0, 0.05) is 18.4 Å². The molecule has 2 rings (SSSR count). The number of hydrogen-bond acceptors (Lipinski definition) is 3. The van der Waals surface area contributed by atoms with Crippen molar-refractivity contribution in [3.63, 3.8) is 0 Å². The van der Waals surface area contributed by atoms with Crippen molar-refractivity contribution in [3.05, 3.63) is 49.5 Å². The predicted octanol–water partition coefficient (Wildman–Crippen LogP) is 2.50. The van der Waals surface area contributed by atoms with Crippen LogP contribution in [0.1, 0.15) is 5.56 Å². The van der Waals surface area contributed by atoms with Crippen LogP contribution in [0, 0.1) is 0 Å². The summed E-state index contributed by atoms with van der Waals surface area (Å²) < 4.78 is 2.15. The van der Waals surface area contributed by atoms with Gasteiger partial charge in [-0.2, -0.15) is 11.3 Å². The summed E-state index contributed by atoms with van der Waals surface area (Å²) in [5, 5.41) is 4.12. The Morgan fingerprint density at radius 2 is 2.31 bits per heavy atom. The summed E-state index contributed by atoms with van der Waals surface area (Å²) in [4.78, 5) is 11.7. The van der Waals surface area contributed by atoms with Crippen LogP contribution in [-0.2, 0) is 13.0 Å². The molecule has 2 N–H and O–H groups in total. The lowest BCUT2D eigenvalue weighted by atomic mass is 10.2. The molecule has 2 aromatic rings. The Kier molecular flexibility index (Phi) is 3.46. The van der Waals surface area contributed by atoms with Crippen LogP contribution in [0.3, 0.4) is 0 Å². The lowest BCUT2D eigenvalue weighted by molar-refractivity contribution is 0.669. The number of aryl methyl sites for hydroxylation is 2. The highest BCUT2D eigenvalue weighted by Crippen LogP contribution is 2.10. The smallest absolute Gasteiger partial charge is 0.264 e. The molecular weight excluding hydrogens is 288 g/mol. The van der Waals surface area contributed by atoms with Gasteiger partial charge in [-0.1, -0.05) is 0 Å². The van der Waals surface area contributed by atoms with Gasteiger partial charge in [-0.05, 0) is 50.8 Å². The number of nitrogens with two attached hydrogens (primary N) is 1. The normalized spacial score (nSPS) is 10.6. The lowest BCUT2D eigenvalue weighted by Crippen LogP contribution is -2.21. The van der Waals surface area contributed by atoms with Crippen LogP contribution < -0.4 is 11.3 Å². The maximum absolute atomic E-state index is 11.7. The van der Waals surface area contributed by atoms with Gasteiger partial charge in [0.05, 0.1) is 4.47 Å². The molecule has 5 heteroatoms. The molecule has 0 fully saturated rings. The van der Waals surface area contributed by atoms with Crippen molar-refractivity contribution in [2.24, 2.45) is 0 Å². The second-order valence-electron chi connectivity index (χ2n) is 3.50. The van der Waals surface area contributed by atoms with E-state index in [9.17, 15) is 4.79 Å². The van der Waals surface area contributed by atoms with Crippen molar-refractivity contribution >= 4 is 33.0 Å². The fourth-order valence-electron chi connectivity index (χ4n) is 1.47. The zero-order valence-electron chi connectivity index (χ0n) is 8.52. The Morgan fingerprint density at radius 3 is 3.00 bits per heavy atom. The van der Waals surface area contributed by atoms with Crippen molar-refractivity contribution in [1.29, 1.82) is 0 Å². The fourth-order valence-corrected chi connectivity index (χ4v) is 2.67. The Hall–Kier alpha value is -1.07. The average molecular weight is 299 g/mol. The molecule has 0 unspecified atom stereocenters. The highest BCUT2D eigenvalue weighted by Gasteiger charge is 2.03. The summed E-state index contributed by atoms with van der Waals surface area (Å²) in [6, 6.07) is 3.69. The van der Waals surface area contributed by atoms with Gasteiger partial charge in [-0.15, -0.1) is 0 Å². The highest BCUT2D eigenvalue weighted by molar-refractivity contribution is 9.10. The van der Waals surface area contributed by atoms with Crippen LogP contribution in [0.5, 0.6) is 0 Å². The number of halogens is 1. The molecule has 3 nitrogen and oxygen atoms in total. The third-order valence-electron chi connectivity index (χ3n) is 2.28. The Labute approximate surface area is 106 Å². The van der Waals surface area contributed by atoms with Crippen LogP contribution in [-0.4, -0.2) is 4.57 Å². The van der Waals surface area contributed by atoms with E-state index in [-0.39, 0.29) is 5.56 Å². The zero-order valence-corrected chi connectivity index (χ0v) is 10.9. The van der Waals surface area contributed by atoms with Crippen molar-refractivity contribution in [2.75, 3.05) is 5.73 Å². The maximum atomic E-state index is 11.7. The molecule has 0 saturated heterocycles. The first kappa shape index (κ1) is 11.4. The molecule has 0 amide bonds. The van der Waals surface area contributed by atoms with E-state index in [4.69, 9.17) is 5.73 Å². The predicted molar refractivity (Wildman–Crippen MR) is 70.8 cm³/mol. The molecule has 0 aliphatic heterocycles. The molecule has 0 bridgehead atoms. The van der Waals surface area contributed by atoms with Crippen LogP contribution in [0.4, 0.5) is 5.69 Å². The van der Waals surface area contributed by atoms with E-state index >= 15 is 0 Å². The van der Waals surface area contributed by atoms with E-state index in [0.717, 1.165) is 6.42 Å². The quantitative estimate of drug-likeness (QED) is 0.946. The second-order valence-corrected chi connectivity index (χ2v) is 5.14. The van der Waals surface area contributed by atoms with Gasteiger partial charge in [0.15, 0.2) is 0 Å². The topological polar surface area (TPSA) is 48.0 Å². The number of thiophene rings is 1. The van der Waals surface area contributed by atoms with Crippen molar-refractivity contribution < 1.29 is 0 Å². The number of hydrogen-bond donors (Lipinski definition) is 1. The Balaban J connectivity index is 2.18. The molecular formula is C11H11BrN2OS. The summed E-state index contributed by atoms with van der Waals surface area (Å²) in [6.45, 7) is 0.652. The van der Waals surface area contributed by atoms with E-state index in [1.807, 2.05) is 5.38 Å². The fraction of sp³-hybridized carbons (Fsp3) is 0.182. The second kappa shape index (κ2) is 4.84. The summed E-state index contributed by atoms with van der Waals surface area (Å²) in [5.74, 6) is 0. The number of nitrogens with zero attached hydrogens (tertiary/aromatic N) is 1. The lowest BCUT2D eigenvalue weighted by Gasteiger charge is -2.06. The molecule has 0 atom stereocenters. The standard InChI is InChI=1S/C11H11BrN2OS/c12-10-5-9(13)6-14(11(10)15)3-1-8-2-4-16-7-8/h2,4-7H,1,3,13H2. The minimum atomic E-state index is -0.0376. The molecule has 16 heavy (non-hydrogen) atoms. The summed E-state index contributed by atoms with van der Waals surface area (Å²) >= 11 is 4.87. The number of anilines is 1. The maximum Gasteiger partial charge on any atom is 0.264 e. The van der Waals surface area contributed by atoms with Gasteiger partial charge in [-0.3, -0.25) is 4.79 Å². The first-order valence-corrected chi connectivity index (χ1v) is 6.57. The van der Waals surface area contributed by atoms with Crippen LogP contribution in [0.15, 0.2) is 38.4 Å². The minimum Gasteiger partial charge on any atom is -0.398 e. The first-order chi connectivity index (χ1) is 7.66. The first-order valence-electron chi connectivity index (χ1n) is 4.83. The monoisotopic (exact) mass is 298 g/mol. The van der Waals surface area contributed by atoms with Gasteiger partial charge in [0.1, 0.15) is 0 Å². The van der Waals surface area contributed by atoms with Crippen LogP contribution >= 0.6 is 27.3 Å². The number of pyridine rings is 1. The molecule has 0 radical (unpaired) electrons. The number of aromatic nitrogens is 1. The van der Waals surface area contributed by atoms with E-state index in [1.165, 1.54) is 5.56 Å². The van der Waals surface area contributed by atoms with Crippen LogP contribution in [0.2, 0.25) is 0 Å². The van der Waals surface area contributed by atoms with E-state index in [0.29, 0.717) is 16.7 Å². The van der Waals surface area contributed by atoms with Gasteiger partial charge >= 0.3 is 0 Å². The summed E-state index contributed by atoms with van der Waals surface area (Å²) in [7, 11) is 0.